The molecule has 1 heterocycles. The first-order valence-corrected chi connectivity index (χ1v) is 10.7. The van der Waals surface area contributed by atoms with Gasteiger partial charge in [-0.05, 0) is 43.4 Å². The number of piperazine rings is 1. The number of hydrogen-bond donors (Lipinski definition) is 1. The molecule has 0 radical (unpaired) electrons. The minimum atomic E-state index is -0.402. The molecule has 3 rings (SSSR count). The second kappa shape index (κ2) is 10.7. The van der Waals surface area contributed by atoms with Crippen molar-refractivity contribution in [2.24, 2.45) is 5.92 Å². The number of methoxy groups -OCH3 is 1. The zero-order chi connectivity index (χ0) is 20.6. The van der Waals surface area contributed by atoms with E-state index in [1.807, 2.05) is 0 Å². The summed E-state index contributed by atoms with van der Waals surface area (Å²) in [5, 5.41) is 3.07. The molecule has 2 fully saturated rings. The van der Waals surface area contributed by atoms with Crippen LogP contribution in [0.3, 0.4) is 0 Å². The van der Waals surface area contributed by atoms with Crippen LogP contribution in [0.5, 0.6) is 0 Å². The Morgan fingerprint density at radius 3 is 2.59 bits per heavy atom. The summed E-state index contributed by atoms with van der Waals surface area (Å²) in [5.41, 5.74) is 0.377. The number of hydrogen-bond acceptors (Lipinski definition) is 4. The largest absolute Gasteiger partial charge is 0.385 e. The molecule has 1 aliphatic heterocycles. The van der Waals surface area contributed by atoms with Crippen molar-refractivity contribution >= 4 is 11.8 Å². The van der Waals surface area contributed by atoms with Gasteiger partial charge in [-0.3, -0.25) is 14.5 Å². The summed E-state index contributed by atoms with van der Waals surface area (Å²) < 4.78 is 18.5. The number of ether oxygens (including phenoxy) is 1. The van der Waals surface area contributed by atoms with Crippen molar-refractivity contribution in [3.05, 3.63) is 35.6 Å². The normalized spacial score (nSPS) is 19.3. The van der Waals surface area contributed by atoms with Crippen LogP contribution in [0.4, 0.5) is 4.39 Å². The van der Waals surface area contributed by atoms with Crippen molar-refractivity contribution < 1.29 is 18.7 Å². The molecule has 2 aliphatic rings. The third-order valence-electron chi connectivity index (χ3n) is 6.01. The Bertz CT molecular complexity index is 686. The van der Waals surface area contributed by atoms with Gasteiger partial charge in [0.1, 0.15) is 5.82 Å². The van der Waals surface area contributed by atoms with Crippen LogP contribution in [0.15, 0.2) is 24.3 Å². The predicted molar refractivity (Wildman–Crippen MR) is 109 cm³/mol. The van der Waals surface area contributed by atoms with Crippen LogP contribution in [0, 0.1) is 11.7 Å². The van der Waals surface area contributed by atoms with Crippen LogP contribution in [-0.2, 0) is 9.53 Å². The fraction of sp³-hybridized carbons (Fsp3) is 0.636. The Hall–Kier alpha value is -1.99. The summed E-state index contributed by atoms with van der Waals surface area (Å²) in [5.74, 6) is -0.0766. The number of halogens is 1. The Morgan fingerprint density at radius 2 is 1.93 bits per heavy atom. The maximum absolute atomic E-state index is 13.4. The highest BCUT2D eigenvalue weighted by atomic mass is 19.1. The maximum atomic E-state index is 13.4. The van der Waals surface area contributed by atoms with Gasteiger partial charge in [0.25, 0.3) is 5.91 Å². The van der Waals surface area contributed by atoms with Gasteiger partial charge in [0.15, 0.2) is 0 Å². The third kappa shape index (κ3) is 5.76. The summed E-state index contributed by atoms with van der Waals surface area (Å²) >= 11 is 0. The van der Waals surface area contributed by atoms with Crippen molar-refractivity contribution in [1.29, 1.82) is 0 Å². The zero-order valence-corrected chi connectivity index (χ0v) is 17.2. The van der Waals surface area contributed by atoms with Crippen LogP contribution < -0.4 is 5.32 Å². The Kier molecular flexibility index (Phi) is 8.00. The van der Waals surface area contributed by atoms with Gasteiger partial charge < -0.3 is 15.0 Å². The van der Waals surface area contributed by atoms with Crippen molar-refractivity contribution in [2.45, 2.75) is 38.1 Å². The SMILES string of the molecule is COCCCNC(=O)C(C1CCCC1)N1CCN(C(=O)c2cccc(F)c2)CC1. The predicted octanol–water partition coefficient (Wildman–Crippen LogP) is 2.30. The standard InChI is InChI=1S/C22H32FN3O3/c1-29-15-5-10-24-21(27)20(17-6-2-3-7-17)25-11-13-26(14-12-25)22(28)18-8-4-9-19(23)16-18/h4,8-9,16-17,20H,2-3,5-7,10-15H2,1H3,(H,24,27). The smallest absolute Gasteiger partial charge is 0.254 e. The van der Waals surface area contributed by atoms with E-state index in [4.69, 9.17) is 4.74 Å². The quantitative estimate of drug-likeness (QED) is 0.674. The molecule has 7 heteroatoms. The number of carbonyl (C=O) groups excluding carboxylic acids is 2. The minimum absolute atomic E-state index is 0.0953. The molecule has 0 aromatic heterocycles. The van der Waals surface area contributed by atoms with Crippen LogP contribution in [0.1, 0.15) is 42.5 Å². The average molecular weight is 406 g/mol. The molecule has 1 saturated heterocycles. The molecule has 0 spiro atoms. The van der Waals surface area contributed by atoms with E-state index in [9.17, 15) is 14.0 Å². The summed E-state index contributed by atoms with van der Waals surface area (Å²) in [6.45, 7) is 3.68. The number of nitrogens with one attached hydrogen (secondary N) is 1. The Labute approximate surface area is 172 Å². The number of benzene rings is 1. The van der Waals surface area contributed by atoms with Gasteiger partial charge in [-0.15, -0.1) is 0 Å². The molecule has 1 N–H and O–H groups in total. The fourth-order valence-corrected chi connectivity index (χ4v) is 4.49. The maximum Gasteiger partial charge on any atom is 0.254 e. The van der Waals surface area contributed by atoms with Crippen molar-refractivity contribution in [1.82, 2.24) is 15.1 Å². The molecule has 1 saturated carbocycles. The van der Waals surface area contributed by atoms with Gasteiger partial charge in [-0.1, -0.05) is 18.9 Å². The average Bonchev–Trinajstić information content (AvgIpc) is 3.26. The lowest BCUT2D eigenvalue weighted by Gasteiger charge is -2.40. The molecular weight excluding hydrogens is 373 g/mol. The van der Waals surface area contributed by atoms with E-state index in [1.54, 1.807) is 24.1 Å². The number of nitrogens with zero attached hydrogens (tertiary/aromatic N) is 2. The lowest BCUT2D eigenvalue weighted by Crippen LogP contribution is -2.58. The zero-order valence-electron chi connectivity index (χ0n) is 17.2. The highest BCUT2D eigenvalue weighted by Crippen LogP contribution is 2.31. The third-order valence-corrected chi connectivity index (χ3v) is 6.01. The second-order valence-electron chi connectivity index (χ2n) is 7.97. The molecule has 0 bridgehead atoms. The molecule has 1 aromatic carbocycles. The van der Waals surface area contributed by atoms with Gasteiger partial charge in [0, 0.05) is 52.0 Å². The highest BCUT2D eigenvalue weighted by molar-refractivity contribution is 5.94. The van der Waals surface area contributed by atoms with E-state index in [0.29, 0.717) is 50.8 Å². The summed E-state index contributed by atoms with van der Waals surface area (Å²) in [6, 6.07) is 5.69. The number of rotatable bonds is 8. The topological polar surface area (TPSA) is 61.9 Å². The summed E-state index contributed by atoms with van der Waals surface area (Å²) in [4.78, 5) is 29.6. The molecule has 1 unspecified atom stereocenters. The molecule has 2 amide bonds. The molecule has 1 aromatic rings. The van der Waals surface area contributed by atoms with Gasteiger partial charge in [-0.2, -0.15) is 0 Å². The number of carbonyl (C=O) groups is 2. The van der Waals surface area contributed by atoms with Crippen LogP contribution in [0.2, 0.25) is 0 Å². The minimum Gasteiger partial charge on any atom is -0.385 e. The Morgan fingerprint density at radius 1 is 1.21 bits per heavy atom. The van der Waals surface area contributed by atoms with Gasteiger partial charge in [-0.25, -0.2) is 4.39 Å². The number of amides is 2. The highest BCUT2D eigenvalue weighted by Gasteiger charge is 2.37. The summed E-state index contributed by atoms with van der Waals surface area (Å²) in [7, 11) is 1.66. The van der Waals surface area contributed by atoms with Crippen LogP contribution >= 0.6 is 0 Å². The lowest BCUT2D eigenvalue weighted by molar-refractivity contribution is -0.129. The molecular formula is C22H32FN3O3. The van der Waals surface area contributed by atoms with Crippen LogP contribution in [0.25, 0.3) is 0 Å². The monoisotopic (exact) mass is 405 g/mol. The van der Waals surface area contributed by atoms with Gasteiger partial charge in [0.2, 0.25) is 5.91 Å². The van der Waals surface area contributed by atoms with Crippen molar-refractivity contribution in [2.75, 3.05) is 46.4 Å². The molecule has 160 valence electrons. The van der Waals surface area contributed by atoms with E-state index < -0.39 is 5.82 Å². The van der Waals surface area contributed by atoms with E-state index in [-0.39, 0.29) is 17.9 Å². The molecule has 29 heavy (non-hydrogen) atoms. The molecule has 1 aliphatic carbocycles. The second-order valence-corrected chi connectivity index (χ2v) is 7.97. The van der Waals surface area contributed by atoms with Crippen molar-refractivity contribution in [3.63, 3.8) is 0 Å². The van der Waals surface area contributed by atoms with Gasteiger partial charge in [0.05, 0.1) is 6.04 Å². The first kappa shape index (κ1) is 21.7. The first-order chi connectivity index (χ1) is 14.1. The fourth-order valence-electron chi connectivity index (χ4n) is 4.49. The van der Waals surface area contributed by atoms with E-state index >= 15 is 0 Å². The van der Waals surface area contributed by atoms with E-state index in [0.717, 1.165) is 19.3 Å². The van der Waals surface area contributed by atoms with Gasteiger partial charge >= 0.3 is 0 Å². The summed E-state index contributed by atoms with van der Waals surface area (Å²) in [6.07, 6.45) is 5.32. The van der Waals surface area contributed by atoms with Crippen LogP contribution in [-0.4, -0.2) is 74.1 Å². The lowest BCUT2D eigenvalue weighted by atomic mass is 9.95. The molecule has 6 nitrogen and oxygen atoms in total. The molecule has 1 atom stereocenters. The Balaban J connectivity index is 1.59. The van der Waals surface area contributed by atoms with E-state index in [2.05, 4.69) is 10.2 Å². The first-order valence-electron chi connectivity index (χ1n) is 10.7. The van der Waals surface area contributed by atoms with Crippen molar-refractivity contribution in [3.8, 4) is 0 Å². The van der Waals surface area contributed by atoms with E-state index in [1.165, 1.54) is 25.0 Å².